The van der Waals surface area contributed by atoms with Crippen LogP contribution in [0, 0.1) is 0 Å². The van der Waals surface area contributed by atoms with Crippen molar-refractivity contribution in [2.45, 2.75) is 17.2 Å². The Morgan fingerprint density at radius 3 is 2.59 bits per heavy atom. The Kier molecular flexibility index (Phi) is 2.98. The highest BCUT2D eigenvalue weighted by molar-refractivity contribution is 9.10. The van der Waals surface area contributed by atoms with Gasteiger partial charge < -0.3 is 4.90 Å². The van der Waals surface area contributed by atoms with E-state index in [0.717, 1.165) is 23.2 Å². The number of Topliss-reactive ketones (excluding diaryl/α,β-unsaturated/α-hetero) is 1. The number of rotatable bonds is 2. The maximum Gasteiger partial charge on any atom is 0.252 e. The summed E-state index contributed by atoms with van der Waals surface area (Å²) in [7, 11) is 0. The van der Waals surface area contributed by atoms with E-state index in [1.54, 1.807) is 4.90 Å². The number of amides is 1. The van der Waals surface area contributed by atoms with Crippen molar-refractivity contribution in [2.24, 2.45) is 0 Å². The van der Waals surface area contributed by atoms with Crippen molar-refractivity contribution in [2.75, 3.05) is 11.4 Å². The number of halogens is 1. The first-order chi connectivity index (χ1) is 10.6. The van der Waals surface area contributed by atoms with Gasteiger partial charge in [-0.1, -0.05) is 58.4 Å². The Morgan fingerprint density at radius 1 is 1.05 bits per heavy atom. The highest BCUT2D eigenvalue weighted by atomic mass is 79.9. The highest BCUT2D eigenvalue weighted by Crippen LogP contribution is 2.43. The minimum Gasteiger partial charge on any atom is -0.309 e. The van der Waals surface area contributed by atoms with Crippen LogP contribution in [0.1, 0.15) is 21.5 Å². The van der Waals surface area contributed by atoms with Gasteiger partial charge in [-0.15, -0.1) is 0 Å². The summed E-state index contributed by atoms with van der Waals surface area (Å²) in [5, 5.41) is 0. The number of anilines is 1. The molecule has 22 heavy (non-hydrogen) atoms. The van der Waals surface area contributed by atoms with E-state index >= 15 is 0 Å². The Labute approximate surface area is 137 Å². The topological polar surface area (TPSA) is 37.4 Å². The molecule has 2 aliphatic heterocycles. The molecule has 0 N–H and O–H groups in total. The maximum atomic E-state index is 13.0. The molecule has 0 aromatic heterocycles. The molecule has 3 nitrogen and oxygen atoms in total. The molecule has 1 amide bonds. The van der Waals surface area contributed by atoms with Gasteiger partial charge in [0, 0.05) is 18.5 Å². The maximum absolute atomic E-state index is 13.0. The monoisotopic (exact) mass is 355 g/mol. The lowest BCUT2D eigenvalue weighted by atomic mass is 9.85. The zero-order chi connectivity index (χ0) is 15.3. The molecule has 0 bridgehead atoms. The molecular formula is C18H14BrNO2. The lowest BCUT2D eigenvalue weighted by Crippen LogP contribution is -2.54. The molecular weight excluding hydrogens is 342 g/mol. The normalized spacial score (nSPS) is 22.9. The van der Waals surface area contributed by atoms with Gasteiger partial charge in [-0.05, 0) is 23.6 Å². The van der Waals surface area contributed by atoms with Crippen molar-refractivity contribution in [3.05, 3.63) is 65.2 Å². The van der Waals surface area contributed by atoms with Gasteiger partial charge in [-0.25, -0.2) is 0 Å². The zero-order valence-electron chi connectivity index (χ0n) is 11.9. The third-order valence-corrected chi connectivity index (χ3v) is 5.45. The summed E-state index contributed by atoms with van der Waals surface area (Å²) in [5.74, 6) is -0.268. The van der Waals surface area contributed by atoms with E-state index in [9.17, 15) is 9.59 Å². The molecule has 0 fully saturated rings. The van der Waals surface area contributed by atoms with Gasteiger partial charge in [-0.2, -0.15) is 0 Å². The summed E-state index contributed by atoms with van der Waals surface area (Å²) in [6.07, 6.45) is 1.18. The van der Waals surface area contributed by atoms with Crippen LogP contribution in [0.3, 0.4) is 0 Å². The molecule has 2 aromatic carbocycles. The first-order valence-corrected chi connectivity index (χ1v) is 8.12. The van der Waals surface area contributed by atoms with E-state index < -0.39 is 4.32 Å². The molecule has 0 saturated heterocycles. The second-order valence-corrected chi connectivity index (χ2v) is 7.17. The fraction of sp³-hybridized carbons (Fsp3) is 0.222. The molecule has 0 aliphatic carbocycles. The Morgan fingerprint density at radius 2 is 1.82 bits per heavy atom. The third-order valence-electron chi connectivity index (χ3n) is 4.47. The van der Waals surface area contributed by atoms with E-state index in [0.29, 0.717) is 18.5 Å². The predicted octanol–water partition coefficient (Wildman–Crippen LogP) is 3.15. The molecule has 0 saturated carbocycles. The molecule has 4 heteroatoms. The van der Waals surface area contributed by atoms with Gasteiger partial charge in [0.15, 0.2) is 10.1 Å². The van der Waals surface area contributed by atoms with Crippen LogP contribution in [0.25, 0.3) is 0 Å². The summed E-state index contributed by atoms with van der Waals surface area (Å²) >= 11 is 3.50. The van der Waals surface area contributed by atoms with Crippen molar-refractivity contribution >= 4 is 33.3 Å². The van der Waals surface area contributed by atoms with Crippen molar-refractivity contribution < 1.29 is 9.59 Å². The molecule has 2 aliphatic rings. The molecule has 0 radical (unpaired) electrons. The first-order valence-electron chi connectivity index (χ1n) is 7.33. The van der Waals surface area contributed by atoms with Crippen molar-refractivity contribution in [1.82, 2.24) is 0 Å². The highest BCUT2D eigenvalue weighted by Gasteiger charge is 2.52. The number of benzene rings is 2. The SMILES string of the molecule is O=C1c2cccc3c2N(CC3)C(=O)C1(Br)Cc1ccccc1. The molecule has 110 valence electrons. The Hall–Kier alpha value is -1.94. The standard InChI is InChI=1S/C18H14BrNO2/c19-18(11-12-5-2-1-3-6-12)16(21)14-8-4-7-13-9-10-20(15(13)14)17(18)22/h1-8H,9-11H2. The van der Waals surface area contributed by atoms with E-state index in [-0.39, 0.29) is 11.7 Å². The second-order valence-electron chi connectivity index (χ2n) is 5.81. The number of nitrogens with zero attached hydrogens (tertiary/aromatic N) is 1. The van der Waals surface area contributed by atoms with Gasteiger partial charge in [0.05, 0.1) is 5.69 Å². The van der Waals surface area contributed by atoms with Gasteiger partial charge in [0.25, 0.3) is 5.91 Å². The lowest BCUT2D eigenvalue weighted by Gasteiger charge is -2.36. The van der Waals surface area contributed by atoms with Crippen LogP contribution in [0.4, 0.5) is 5.69 Å². The number of alkyl halides is 1. The smallest absolute Gasteiger partial charge is 0.252 e. The second kappa shape index (κ2) is 4.78. The number of hydrogen-bond acceptors (Lipinski definition) is 2. The lowest BCUT2D eigenvalue weighted by molar-refractivity contribution is -0.119. The zero-order valence-corrected chi connectivity index (χ0v) is 13.5. The third kappa shape index (κ3) is 1.80. The van der Waals surface area contributed by atoms with Gasteiger partial charge in [0.2, 0.25) is 0 Å². The van der Waals surface area contributed by atoms with Crippen molar-refractivity contribution in [3.63, 3.8) is 0 Å². The fourth-order valence-electron chi connectivity index (χ4n) is 3.40. The van der Waals surface area contributed by atoms with Crippen LogP contribution >= 0.6 is 15.9 Å². The summed E-state index contributed by atoms with van der Waals surface area (Å²) in [6, 6.07) is 15.4. The van der Waals surface area contributed by atoms with Crippen LogP contribution in [0.5, 0.6) is 0 Å². The number of para-hydroxylation sites is 1. The number of hydrogen-bond donors (Lipinski definition) is 0. The quantitative estimate of drug-likeness (QED) is 0.612. The predicted molar refractivity (Wildman–Crippen MR) is 88.6 cm³/mol. The van der Waals surface area contributed by atoms with E-state index in [2.05, 4.69) is 15.9 Å². The summed E-state index contributed by atoms with van der Waals surface area (Å²) < 4.78 is -1.19. The fourth-order valence-corrected chi connectivity index (χ4v) is 4.15. The van der Waals surface area contributed by atoms with Crippen LogP contribution in [0.2, 0.25) is 0 Å². The van der Waals surface area contributed by atoms with Crippen molar-refractivity contribution in [3.8, 4) is 0 Å². The molecule has 0 spiro atoms. The largest absolute Gasteiger partial charge is 0.309 e. The van der Waals surface area contributed by atoms with Gasteiger partial charge in [-0.3, -0.25) is 9.59 Å². The van der Waals surface area contributed by atoms with E-state index in [4.69, 9.17) is 0 Å². The summed E-state index contributed by atoms with van der Waals surface area (Å²) in [4.78, 5) is 27.7. The number of carbonyl (C=O) groups is 2. The van der Waals surface area contributed by atoms with Gasteiger partial charge in [0.1, 0.15) is 0 Å². The summed E-state index contributed by atoms with van der Waals surface area (Å²) in [5.41, 5.74) is 3.54. The Balaban J connectivity index is 1.83. The molecule has 2 heterocycles. The molecule has 1 unspecified atom stereocenters. The van der Waals surface area contributed by atoms with Crippen molar-refractivity contribution in [1.29, 1.82) is 0 Å². The average Bonchev–Trinajstić information content (AvgIpc) is 2.97. The average molecular weight is 356 g/mol. The summed E-state index contributed by atoms with van der Waals surface area (Å²) in [6.45, 7) is 0.653. The van der Waals surface area contributed by atoms with Crippen LogP contribution in [-0.2, 0) is 17.6 Å². The van der Waals surface area contributed by atoms with E-state index in [1.165, 1.54) is 0 Å². The molecule has 2 aromatic rings. The number of ketones is 1. The minimum absolute atomic E-state index is 0.128. The van der Waals surface area contributed by atoms with Gasteiger partial charge >= 0.3 is 0 Å². The minimum atomic E-state index is -1.19. The molecule has 4 rings (SSSR count). The Bertz CT molecular complexity index is 787. The van der Waals surface area contributed by atoms with Crippen LogP contribution in [0.15, 0.2) is 48.5 Å². The van der Waals surface area contributed by atoms with Crippen LogP contribution in [-0.4, -0.2) is 22.6 Å². The van der Waals surface area contributed by atoms with E-state index in [1.807, 2.05) is 48.5 Å². The number of carbonyl (C=O) groups excluding carboxylic acids is 2. The van der Waals surface area contributed by atoms with Crippen LogP contribution < -0.4 is 4.90 Å². The first kappa shape index (κ1) is 13.7. The molecule has 1 atom stereocenters.